The molecule has 2 aromatic heterocycles. The number of carbonyl (C=O) groups excluding carboxylic acids is 2. The monoisotopic (exact) mass is 395 g/mol. The Morgan fingerprint density at radius 2 is 2.07 bits per heavy atom. The normalized spacial score (nSPS) is 19.0. The molecular formula is C22H29N5O2. The van der Waals surface area contributed by atoms with Crippen molar-refractivity contribution in [2.75, 3.05) is 19.6 Å². The topological polar surface area (TPSA) is 82.2 Å². The van der Waals surface area contributed by atoms with E-state index in [1.165, 1.54) is 0 Å². The van der Waals surface area contributed by atoms with Gasteiger partial charge in [-0.25, -0.2) is 0 Å². The van der Waals surface area contributed by atoms with E-state index < -0.39 is 0 Å². The molecule has 0 saturated carbocycles. The molecule has 29 heavy (non-hydrogen) atoms. The maximum Gasteiger partial charge on any atom is 0.222 e. The zero-order valence-corrected chi connectivity index (χ0v) is 16.8. The summed E-state index contributed by atoms with van der Waals surface area (Å²) in [6, 6.07) is 5.83. The van der Waals surface area contributed by atoms with E-state index >= 15 is 0 Å². The lowest BCUT2D eigenvalue weighted by molar-refractivity contribution is -0.143. The lowest BCUT2D eigenvalue weighted by atomic mass is 9.72. The Bertz CT molecular complexity index is 813. The first kappa shape index (κ1) is 19.6. The molecule has 4 rings (SSSR count). The van der Waals surface area contributed by atoms with Crippen LogP contribution in [0.1, 0.15) is 49.8 Å². The predicted molar refractivity (Wildman–Crippen MR) is 109 cm³/mol. The average Bonchev–Trinajstić information content (AvgIpc) is 3.26. The molecule has 1 N–H and O–H groups in total. The number of aryl methyl sites for hydroxylation is 1. The highest BCUT2D eigenvalue weighted by atomic mass is 16.2. The summed E-state index contributed by atoms with van der Waals surface area (Å²) < 4.78 is 0. The second-order valence-electron chi connectivity index (χ2n) is 8.41. The summed E-state index contributed by atoms with van der Waals surface area (Å²) in [4.78, 5) is 33.4. The van der Waals surface area contributed by atoms with Crippen LogP contribution in [0.2, 0.25) is 0 Å². The number of pyridine rings is 1. The van der Waals surface area contributed by atoms with Crippen molar-refractivity contribution in [3.05, 3.63) is 48.0 Å². The molecule has 0 radical (unpaired) electrons. The molecule has 0 atom stereocenters. The van der Waals surface area contributed by atoms with Gasteiger partial charge in [0, 0.05) is 44.9 Å². The molecule has 2 fully saturated rings. The van der Waals surface area contributed by atoms with Crippen LogP contribution >= 0.6 is 0 Å². The number of likely N-dealkylation sites (tertiary alicyclic amines) is 2. The van der Waals surface area contributed by atoms with Gasteiger partial charge in [-0.3, -0.25) is 19.7 Å². The van der Waals surface area contributed by atoms with Gasteiger partial charge in [0.1, 0.15) is 0 Å². The van der Waals surface area contributed by atoms with Crippen LogP contribution in [0.15, 0.2) is 36.8 Å². The van der Waals surface area contributed by atoms with E-state index in [0.29, 0.717) is 19.4 Å². The second kappa shape index (κ2) is 8.76. The van der Waals surface area contributed by atoms with Crippen LogP contribution in [0.5, 0.6) is 0 Å². The van der Waals surface area contributed by atoms with Crippen LogP contribution in [0.4, 0.5) is 0 Å². The van der Waals surface area contributed by atoms with Gasteiger partial charge in [-0.1, -0.05) is 6.07 Å². The molecule has 4 heterocycles. The third-order valence-corrected chi connectivity index (χ3v) is 6.41. The molecule has 0 unspecified atom stereocenters. The van der Waals surface area contributed by atoms with Crippen molar-refractivity contribution in [2.45, 2.75) is 51.5 Å². The first-order chi connectivity index (χ1) is 14.1. The van der Waals surface area contributed by atoms with Gasteiger partial charge < -0.3 is 9.80 Å². The van der Waals surface area contributed by atoms with Crippen LogP contribution in [-0.2, 0) is 22.6 Å². The lowest BCUT2D eigenvalue weighted by Gasteiger charge is -2.47. The van der Waals surface area contributed by atoms with Crippen molar-refractivity contribution in [1.82, 2.24) is 25.0 Å². The fourth-order valence-corrected chi connectivity index (χ4v) is 4.59. The van der Waals surface area contributed by atoms with E-state index in [2.05, 4.69) is 15.2 Å². The first-order valence-corrected chi connectivity index (χ1v) is 10.6. The Balaban J connectivity index is 1.27. The third-order valence-electron chi connectivity index (χ3n) is 6.41. The molecule has 1 spiro atoms. The van der Waals surface area contributed by atoms with E-state index in [0.717, 1.165) is 63.0 Å². The lowest BCUT2D eigenvalue weighted by Crippen LogP contribution is -2.52. The van der Waals surface area contributed by atoms with Crippen molar-refractivity contribution in [2.24, 2.45) is 5.41 Å². The van der Waals surface area contributed by atoms with Gasteiger partial charge in [-0.15, -0.1) is 0 Å². The summed E-state index contributed by atoms with van der Waals surface area (Å²) in [5, 5.41) is 6.75. The molecule has 0 aromatic carbocycles. The summed E-state index contributed by atoms with van der Waals surface area (Å²) >= 11 is 0. The SMILES string of the molecule is O=C(CCCc1cn[nH]c1)N1CCC2(CCC(=O)N(Cc3ccccn3)C2)CC1. The summed E-state index contributed by atoms with van der Waals surface area (Å²) in [6.45, 7) is 2.97. The molecule has 2 aliphatic rings. The van der Waals surface area contributed by atoms with Gasteiger partial charge in [-0.05, 0) is 55.2 Å². The molecule has 154 valence electrons. The van der Waals surface area contributed by atoms with Crippen molar-refractivity contribution in [3.8, 4) is 0 Å². The number of nitrogens with one attached hydrogen (secondary N) is 1. The summed E-state index contributed by atoms with van der Waals surface area (Å²) in [5.74, 6) is 0.472. The quantitative estimate of drug-likeness (QED) is 0.815. The Kier molecular flexibility index (Phi) is 5.92. The van der Waals surface area contributed by atoms with Gasteiger partial charge in [0.15, 0.2) is 0 Å². The maximum absolute atomic E-state index is 12.6. The maximum atomic E-state index is 12.6. The van der Waals surface area contributed by atoms with E-state index in [1.807, 2.05) is 40.4 Å². The molecule has 2 amide bonds. The number of rotatable bonds is 6. The number of nitrogens with zero attached hydrogens (tertiary/aromatic N) is 4. The number of aromatic amines is 1. The highest BCUT2D eigenvalue weighted by Crippen LogP contribution is 2.40. The standard InChI is InChI=1S/C22H29N5O2/c28-20(6-3-4-18-14-24-25-15-18)26-12-9-22(10-13-26)8-7-21(29)27(17-22)16-19-5-1-2-11-23-19/h1-2,5,11,14-15H,3-4,6-10,12-13,16-17H2,(H,24,25). The van der Waals surface area contributed by atoms with Crippen LogP contribution in [-0.4, -0.2) is 56.4 Å². The molecule has 2 aromatic rings. The van der Waals surface area contributed by atoms with Crippen molar-refractivity contribution in [3.63, 3.8) is 0 Å². The summed E-state index contributed by atoms with van der Waals surface area (Å²) in [7, 11) is 0. The van der Waals surface area contributed by atoms with Gasteiger partial charge in [-0.2, -0.15) is 5.10 Å². The number of amides is 2. The fourth-order valence-electron chi connectivity index (χ4n) is 4.59. The Morgan fingerprint density at radius 3 is 2.79 bits per heavy atom. The van der Waals surface area contributed by atoms with Crippen molar-refractivity contribution in [1.29, 1.82) is 0 Å². The largest absolute Gasteiger partial charge is 0.343 e. The molecule has 7 nitrogen and oxygen atoms in total. The number of hydrogen-bond acceptors (Lipinski definition) is 4. The minimum absolute atomic E-state index is 0.149. The molecular weight excluding hydrogens is 366 g/mol. The predicted octanol–water partition coefficient (Wildman–Crippen LogP) is 2.56. The zero-order valence-electron chi connectivity index (χ0n) is 16.8. The van der Waals surface area contributed by atoms with E-state index in [4.69, 9.17) is 0 Å². The summed E-state index contributed by atoms with van der Waals surface area (Å²) in [6.07, 6.45) is 11.3. The van der Waals surface area contributed by atoms with Crippen LogP contribution in [0.25, 0.3) is 0 Å². The van der Waals surface area contributed by atoms with E-state index in [9.17, 15) is 9.59 Å². The fraction of sp³-hybridized carbons (Fsp3) is 0.545. The Hall–Kier alpha value is -2.70. The minimum Gasteiger partial charge on any atom is -0.343 e. The van der Waals surface area contributed by atoms with Crippen LogP contribution in [0, 0.1) is 5.41 Å². The van der Waals surface area contributed by atoms with Crippen molar-refractivity contribution >= 4 is 11.8 Å². The Labute approximate surface area is 171 Å². The Morgan fingerprint density at radius 1 is 1.21 bits per heavy atom. The number of H-pyrrole nitrogens is 1. The number of aromatic nitrogens is 3. The van der Waals surface area contributed by atoms with Crippen LogP contribution < -0.4 is 0 Å². The average molecular weight is 396 g/mol. The van der Waals surface area contributed by atoms with Gasteiger partial charge in [0.05, 0.1) is 18.4 Å². The molecule has 2 saturated heterocycles. The first-order valence-electron chi connectivity index (χ1n) is 10.6. The van der Waals surface area contributed by atoms with Crippen molar-refractivity contribution < 1.29 is 9.59 Å². The van der Waals surface area contributed by atoms with E-state index in [-0.39, 0.29) is 17.2 Å². The van der Waals surface area contributed by atoms with Gasteiger partial charge in [0.2, 0.25) is 11.8 Å². The highest BCUT2D eigenvalue weighted by molar-refractivity contribution is 5.77. The molecule has 0 aliphatic carbocycles. The zero-order chi connectivity index (χ0) is 20.1. The molecule has 2 aliphatic heterocycles. The van der Waals surface area contributed by atoms with E-state index in [1.54, 1.807) is 6.20 Å². The van der Waals surface area contributed by atoms with Crippen LogP contribution in [0.3, 0.4) is 0 Å². The molecule has 0 bridgehead atoms. The second-order valence-corrected chi connectivity index (χ2v) is 8.41. The third kappa shape index (κ3) is 4.83. The molecule has 7 heteroatoms. The smallest absolute Gasteiger partial charge is 0.222 e. The highest BCUT2D eigenvalue weighted by Gasteiger charge is 2.41. The summed E-state index contributed by atoms with van der Waals surface area (Å²) in [5.41, 5.74) is 2.23. The number of carbonyl (C=O) groups is 2. The number of hydrogen-bond donors (Lipinski definition) is 1. The number of piperidine rings is 2. The van der Waals surface area contributed by atoms with Gasteiger partial charge in [0.25, 0.3) is 0 Å². The van der Waals surface area contributed by atoms with Gasteiger partial charge >= 0.3 is 0 Å². The minimum atomic E-state index is 0.149.